The van der Waals surface area contributed by atoms with Crippen LogP contribution < -0.4 is 0 Å². The normalized spacial score (nSPS) is 10.7. The summed E-state index contributed by atoms with van der Waals surface area (Å²) in [5.74, 6) is 4.07. The standard InChI is InChI=1S/C15H18FNO3/c1-15(2,20)10-17(3)14(19)13-7-6-12(16)9-11(13)5-4-8-18/h6-7,9,18,20H,8,10H2,1-3H3. The molecular formula is C15H18FNO3. The van der Waals surface area contributed by atoms with Crippen molar-refractivity contribution in [1.82, 2.24) is 4.90 Å². The second-order valence-electron chi connectivity index (χ2n) is 5.12. The van der Waals surface area contributed by atoms with E-state index in [0.717, 1.165) is 6.07 Å². The van der Waals surface area contributed by atoms with Crippen molar-refractivity contribution in [3.63, 3.8) is 0 Å². The zero-order valence-electron chi connectivity index (χ0n) is 11.8. The summed E-state index contributed by atoms with van der Waals surface area (Å²) in [5, 5.41) is 18.4. The number of benzene rings is 1. The summed E-state index contributed by atoms with van der Waals surface area (Å²) < 4.78 is 13.2. The SMILES string of the molecule is CN(CC(C)(C)O)C(=O)c1ccc(F)cc1C#CCO. The lowest BCUT2D eigenvalue weighted by molar-refractivity contribution is 0.0367. The quantitative estimate of drug-likeness (QED) is 0.812. The Morgan fingerprint density at radius 3 is 2.65 bits per heavy atom. The van der Waals surface area contributed by atoms with E-state index in [1.165, 1.54) is 17.0 Å². The van der Waals surface area contributed by atoms with Crippen LogP contribution in [0.5, 0.6) is 0 Å². The van der Waals surface area contributed by atoms with Gasteiger partial charge in [-0.15, -0.1) is 0 Å². The smallest absolute Gasteiger partial charge is 0.254 e. The van der Waals surface area contributed by atoms with E-state index in [1.807, 2.05) is 0 Å². The third-order valence-corrected chi connectivity index (χ3v) is 2.48. The van der Waals surface area contributed by atoms with Gasteiger partial charge in [-0.3, -0.25) is 4.79 Å². The minimum atomic E-state index is -1.03. The van der Waals surface area contributed by atoms with Gasteiger partial charge in [0.2, 0.25) is 0 Å². The molecule has 0 aliphatic carbocycles. The molecule has 1 rings (SSSR count). The van der Waals surface area contributed by atoms with Crippen molar-refractivity contribution in [2.75, 3.05) is 20.2 Å². The van der Waals surface area contributed by atoms with E-state index in [1.54, 1.807) is 20.9 Å². The van der Waals surface area contributed by atoms with E-state index in [2.05, 4.69) is 11.8 Å². The van der Waals surface area contributed by atoms with Gasteiger partial charge in [-0.2, -0.15) is 0 Å². The van der Waals surface area contributed by atoms with Gasteiger partial charge >= 0.3 is 0 Å². The summed E-state index contributed by atoms with van der Waals surface area (Å²) in [6.45, 7) is 2.95. The lowest BCUT2D eigenvalue weighted by Gasteiger charge is -2.26. The average molecular weight is 279 g/mol. The van der Waals surface area contributed by atoms with Crippen molar-refractivity contribution in [1.29, 1.82) is 0 Å². The second-order valence-corrected chi connectivity index (χ2v) is 5.12. The Morgan fingerprint density at radius 2 is 2.10 bits per heavy atom. The molecule has 0 aromatic heterocycles. The topological polar surface area (TPSA) is 60.8 Å². The van der Waals surface area contributed by atoms with Gasteiger partial charge in [0.1, 0.15) is 12.4 Å². The number of carbonyl (C=O) groups excluding carboxylic acids is 1. The van der Waals surface area contributed by atoms with Gasteiger partial charge in [0.05, 0.1) is 11.2 Å². The average Bonchev–Trinajstić information content (AvgIpc) is 2.33. The Balaban J connectivity index is 3.09. The van der Waals surface area contributed by atoms with Crippen LogP contribution >= 0.6 is 0 Å². The van der Waals surface area contributed by atoms with Gasteiger partial charge in [-0.25, -0.2) is 4.39 Å². The molecule has 0 radical (unpaired) electrons. The molecule has 1 aromatic carbocycles. The molecule has 0 saturated heterocycles. The van der Waals surface area contributed by atoms with E-state index in [0.29, 0.717) is 0 Å². The molecular weight excluding hydrogens is 261 g/mol. The number of rotatable bonds is 3. The number of hydrogen-bond donors (Lipinski definition) is 2. The van der Waals surface area contributed by atoms with Crippen LogP contribution in [-0.4, -0.2) is 46.8 Å². The third-order valence-electron chi connectivity index (χ3n) is 2.48. The Hall–Kier alpha value is -1.90. The van der Waals surface area contributed by atoms with E-state index in [9.17, 15) is 14.3 Å². The van der Waals surface area contributed by atoms with Crippen LogP contribution in [0.15, 0.2) is 18.2 Å². The number of amides is 1. The van der Waals surface area contributed by atoms with Gasteiger partial charge < -0.3 is 15.1 Å². The monoisotopic (exact) mass is 279 g/mol. The van der Waals surface area contributed by atoms with Crippen molar-refractivity contribution in [2.45, 2.75) is 19.4 Å². The number of hydrogen-bond acceptors (Lipinski definition) is 3. The summed E-state index contributed by atoms with van der Waals surface area (Å²) >= 11 is 0. The number of likely N-dealkylation sites (N-methyl/N-ethyl adjacent to an activating group) is 1. The summed E-state index contributed by atoms with van der Waals surface area (Å²) in [6.07, 6.45) is 0. The molecule has 0 unspecified atom stereocenters. The predicted octanol–water partition coefficient (Wildman–Crippen LogP) is 1.01. The number of nitrogens with zero attached hydrogens (tertiary/aromatic N) is 1. The predicted molar refractivity (Wildman–Crippen MR) is 73.6 cm³/mol. The number of aliphatic hydroxyl groups is 2. The zero-order valence-corrected chi connectivity index (χ0v) is 11.8. The van der Waals surface area contributed by atoms with E-state index in [4.69, 9.17) is 5.11 Å². The molecule has 0 aliphatic heterocycles. The van der Waals surface area contributed by atoms with Gasteiger partial charge in [-0.1, -0.05) is 11.8 Å². The lowest BCUT2D eigenvalue weighted by Crippen LogP contribution is -2.39. The van der Waals surface area contributed by atoms with Crippen molar-refractivity contribution >= 4 is 5.91 Å². The van der Waals surface area contributed by atoms with Gasteiger partial charge in [0, 0.05) is 19.2 Å². The molecule has 5 heteroatoms. The van der Waals surface area contributed by atoms with E-state index in [-0.39, 0.29) is 30.2 Å². The summed E-state index contributed by atoms with van der Waals surface area (Å²) in [4.78, 5) is 13.6. The first-order chi connectivity index (χ1) is 9.24. The van der Waals surface area contributed by atoms with Crippen LogP contribution in [0.3, 0.4) is 0 Å². The summed E-state index contributed by atoms with van der Waals surface area (Å²) in [7, 11) is 1.55. The maximum atomic E-state index is 13.2. The minimum absolute atomic E-state index is 0.135. The zero-order chi connectivity index (χ0) is 15.3. The minimum Gasteiger partial charge on any atom is -0.389 e. The Bertz CT molecular complexity index is 552. The first kappa shape index (κ1) is 16.2. The number of aliphatic hydroxyl groups excluding tert-OH is 1. The van der Waals surface area contributed by atoms with Crippen LogP contribution in [0.1, 0.15) is 29.8 Å². The molecule has 1 aromatic rings. The summed E-state index contributed by atoms with van der Waals surface area (Å²) in [5.41, 5.74) is -0.577. The van der Waals surface area contributed by atoms with Crippen molar-refractivity contribution in [3.8, 4) is 11.8 Å². The molecule has 108 valence electrons. The highest BCUT2D eigenvalue weighted by Gasteiger charge is 2.22. The second kappa shape index (κ2) is 6.51. The number of carbonyl (C=O) groups is 1. The molecule has 0 saturated carbocycles. The highest BCUT2D eigenvalue weighted by molar-refractivity contribution is 5.96. The van der Waals surface area contributed by atoms with Gasteiger partial charge in [-0.05, 0) is 32.0 Å². The summed E-state index contributed by atoms with van der Waals surface area (Å²) in [6, 6.07) is 3.67. The Labute approximate surface area is 117 Å². The number of halogens is 1. The molecule has 20 heavy (non-hydrogen) atoms. The Kier molecular flexibility index (Phi) is 5.26. The van der Waals surface area contributed by atoms with E-state index >= 15 is 0 Å². The van der Waals surface area contributed by atoms with Gasteiger partial charge in [0.15, 0.2) is 0 Å². The molecule has 1 amide bonds. The van der Waals surface area contributed by atoms with Crippen LogP contribution in [0, 0.1) is 17.7 Å². The Morgan fingerprint density at radius 1 is 1.45 bits per heavy atom. The molecule has 0 bridgehead atoms. The maximum absolute atomic E-state index is 13.2. The first-order valence-corrected chi connectivity index (χ1v) is 6.12. The molecule has 0 heterocycles. The van der Waals surface area contributed by atoms with Gasteiger partial charge in [0.25, 0.3) is 5.91 Å². The highest BCUT2D eigenvalue weighted by atomic mass is 19.1. The fourth-order valence-corrected chi connectivity index (χ4v) is 1.80. The van der Waals surface area contributed by atoms with Crippen LogP contribution in [0.2, 0.25) is 0 Å². The molecule has 0 aliphatic rings. The fourth-order valence-electron chi connectivity index (χ4n) is 1.80. The largest absolute Gasteiger partial charge is 0.389 e. The van der Waals surface area contributed by atoms with Crippen molar-refractivity contribution in [3.05, 3.63) is 35.1 Å². The van der Waals surface area contributed by atoms with Crippen molar-refractivity contribution < 1.29 is 19.4 Å². The third kappa shape index (κ3) is 4.65. The fraction of sp³-hybridized carbons (Fsp3) is 0.400. The van der Waals surface area contributed by atoms with Crippen LogP contribution in [-0.2, 0) is 0 Å². The van der Waals surface area contributed by atoms with E-state index < -0.39 is 11.4 Å². The molecule has 0 atom stereocenters. The van der Waals surface area contributed by atoms with Crippen molar-refractivity contribution in [2.24, 2.45) is 0 Å². The molecule has 0 spiro atoms. The highest BCUT2D eigenvalue weighted by Crippen LogP contribution is 2.14. The maximum Gasteiger partial charge on any atom is 0.254 e. The first-order valence-electron chi connectivity index (χ1n) is 6.12. The lowest BCUT2D eigenvalue weighted by atomic mass is 10.0. The molecule has 4 nitrogen and oxygen atoms in total. The molecule has 2 N–H and O–H groups in total. The van der Waals surface area contributed by atoms with Crippen LogP contribution in [0.25, 0.3) is 0 Å². The van der Waals surface area contributed by atoms with Crippen LogP contribution in [0.4, 0.5) is 4.39 Å². The molecule has 0 fully saturated rings.